The maximum absolute atomic E-state index is 12.4. The zero-order valence-electron chi connectivity index (χ0n) is 6.55. The van der Waals surface area contributed by atoms with E-state index in [1.165, 1.54) is 24.3 Å². The lowest BCUT2D eigenvalue weighted by Gasteiger charge is -1.98. The standard InChI is InChI=1S/C9H7F3O/c10-7(9(11)12)5-6-3-1-2-4-8(6)13/h1-5,9,13H/b7-5-. The number of allylic oxidation sites excluding steroid dienone is 1. The van der Waals surface area contributed by atoms with Crippen molar-refractivity contribution in [3.05, 3.63) is 35.7 Å². The summed E-state index contributed by atoms with van der Waals surface area (Å²) in [7, 11) is 0. The third-order valence-electron chi connectivity index (χ3n) is 1.44. The van der Waals surface area contributed by atoms with E-state index < -0.39 is 12.3 Å². The highest BCUT2D eigenvalue weighted by atomic mass is 19.3. The van der Waals surface area contributed by atoms with Gasteiger partial charge in [-0.05, 0) is 12.1 Å². The van der Waals surface area contributed by atoms with Crippen LogP contribution in [0, 0.1) is 0 Å². The summed E-state index contributed by atoms with van der Waals surface area (Å²) in [4.78, 5) is 0. The Morgan fingerprint density at radius 3 is 2.46 bits per heavy atom. The van der Waals surface area contributed by atoms with Crippen LogP contribution in [0.5, 0.6) is 5.75 Å². The quantitative estimate of drug-likeness (QED) is 0.756. The first-order valence-corrected chi connectivity index (χ1v) is 3.54. The molecule has 1 aromatic rings. The topological polar surface area (TPSA) is 20.2 Å². The van der Waals surface area contributed by atoms with Crippen molar-refractivity contribution in [3.8, 4) is 5.75 Å². The molecule has 1 rings (SSSR count). The highest BCUT2D eigenvalue weighted by Gasteiger charge is 2.10. The number of para-hydroxylation sites is 1. The molecule has 0 aliphatic carbocycles. The number of halogens is 3. The van der Waals surface area contributed by atoms with Gasteiger partial charge in [-0.2, -0.15) is 0 Å². The summed E-state index contributed by atoms with van der Waals surface area (Å²) < 4.78 is 35.8. The Labute approximate surface area is 73.1 Å². The fourth-order valence-corrected chi connectivity index (χ4v) is 0.821. The van der Waals surface area contributed by atoms with Crippen molar-refractivity contribution in [3.63, 3.8) is 0 Å². The van der Waals surface area contributed by atoms with Gasteiger partial charge in [-0.15, -0.1) is 0 Å². The molecule has 0 atom stereocenters. The summed E-state index contributed by atoms with van der Waals surface area (Å²) in [5, 5.41) is 9.09. The van der Waals surface area contributed by atoms with Crippen molar-refractivity contribution in [1.29, 1.82) is 0 Å². The Hall–Kier alpha value is -1.45. The molecular weight excluding hydrogens is 181 g/mol. The molecule has 0 spiro atoms. The molecule has 0 fully saturated rings. The molecule has 0 bridgehead atoms. The Balaban J connectivity index is 2.97. The van der Waals surface area contributed by atoms with E-state index >= 15 is 0 Å². The molecule has 0 aliphatic heterocycles. The van der Waals surface area contributed by atoms with Crippen LogP contribution in [-0.4, -0.2) is 11.5 Å². The summed E-state index contributed by atoms with van der Waals surface area (Å²) in [6.45, 7) is 0. The summed E-state index contributed by atoms with van der Waals surface area (Å²) in [6, 6.07) is 5.68. The second kappa shape index (κ2) is 3.98. The van der Waals surface area contributed by atoms with Gasteiger partial charge >= 0.3 is 0 Å². The van der Waals surface area contributed by atoms with Crippen LogP contribution < -0.4 is 0 Å². The van der Waals surface area contributed by atoms with E-state index in [0.29, 0.717) is 6.08 Å². The van der Waals surface area contributed by atoms with Crippen LogP contribution in [0.4, 0.5) is 13.2 Å². The number of phenols is 1. The molecule has 13 heavy (non-hydrogen) atoms. The summed E-state index contributed by atoms with van der Waals surface area (Å²) in [6.07, 6.45) is -2.53. The van der Waals surface area contributed by atoms with Gasteiger partial charge in [0.2, 0.25) is 0 Å². The lowest BCUT2D eigenvalue weighted by molar-refractivity contribution is 0.161. The molecular formula is C9H7F3O. The van der Waals surface area contributed by atoms with Crippen molar-refractivity contribution in [1.82, 2.24) is 0 Å². The number of hydrogen-bond donors (Lipinski definition) is 1. The first kappa shape index (κ1) is 9.64. The van der Waals surface area contributed by atoms with Gasteiger partial charge in [0.15, 0.2) is 5.83 Å². The van der Waals surface area contributed by atoms with Crippen LogP contribution in [0.15, 0.2) is 30.1 Å². The SMILES string of the molecule is Oc1ccccc1/C=C(\F)C(F)F. The van der Waals surface area contributed by atoms with Crippen LogP contribution in [0.2, 0.25) is 0 Å². The zero-order chi connectivity index (χ0) is 9.84. The van der Waals surface area contributed by atoms with Gasteiger partial charge in [-0.25, -0.2) is 13.2 Å². The molecule has 0 aliphatic rings. The normalized spacial score (nSPS) is 12.2. The van der Waals surface area contributed by atoms with E-state index in [-0.39, 0.29) is 11.3 Å². The fraction of sp³-hybridized carbons (Fsp3) is 0.111. The molecule has 1 aromatic carbocycles. The monoisotopic (exact) mass is 188 g/mol. The molecule has 70 valence electrons. The first-order valence-electron chi connectivity index (χ1n) is 3.54. The fourth-order valence-electron chi connectivity index (χ4n) is 0.821. The van der Waals surface area contributed by atoms with Crippen molar-refractivity contribution < 1.29 is 18.3 Å². The Bertz CT molecular complexity index is 320. The van der Waals surface area contributed by atoms with Gasteiger partial charge in [-0.3, -0.25) is 0 Å². The molecule has 0 aromatic heterocycles. The molecule has 4 heteroatoms. The van der Waals surface area contributed by atoms with Gasteiger partial charge in [0.25, 0.3) is 6.43 Å². The van der Waals surface area contributed by atoms with E-state index in [0.717, 1.165) is 0 Å². The summed E-state index contributed by atoms with van der Waals surface area (Å²) >= 11 is 0. The minimum absolute atomic E-state index is 0.0419. The first-order chi connectivity index (χ1) is 6.11. The number of rotatable bonds is 2. The van der Waals surface area contributed by atoms with Crippen molar-refractivity contribution >= 4 is 6.08 Å². The minimum atomic E-state index is -3.14. The van der Waals surface area contributed by atoms with Crippen LogP contribution in [0.25, 0.3) is 6.08 Å². The second-order valence-corrected chi connectivity index (χ2v) is 2.39. The summed E-state index contributed by atoms with van der Waals surface area (Å²) in [5.41, 5.74) is 0.0419. The van der Waals surface area contributed by atoms with Gasteiger partial charge in [0.05, 0.1) is 0 Å². The number of benzene rings is 1. The maximum atomic E-state index is 12.4. The number of aromatic hydroxyl groups is 1. The van der Waals surface area contributed by atoms with E-state index in [9.17, 15) is 13.2 Å². The number of hydrogen-bond acceptors (Lipinski definition) is 1. The largest absolute Gasteiger partial charge is 0.507 e. The lowest BCUT2D eigenvalue weighted by Crippen LogP contribution is -1.89. The Morgan fingerprint density at radius 2 is 1.92 bits per heavy atom. The van der Waals surface area contributed by atoms with E-state index in [2.05, 4.69) is 0 Å². The maximum Gasteiger partial charge on any atom is 0.289 e. The third-order valence-corrected chi connectivity index (χ3v) is 1.44. The van der Waals surface area contributed by atoms with Gasteiger partial charge in [-0.1, -0.05) is 18.2 Å². The lowest BCUT2D eigenvalue weighted by atomic mass is 10.2. The highest BCUT2D eigenvalue weighted by Crippen LogP contribution is 2.21. The zero-order valence-corrected chi connectivity index (χ0v) is 6.55. The van der Waals surface area contributed by atoms with Crippen molar-refractivity contribution in [2.75, 3.05) is 0 Å². The van der Waals surface area contributed by atoms with Gasteiger partial charge in [0, 0.05) is 5.56 Å². The predicted octanol–water partition coefficient (Wildman–Crippen LogP) is 2.97. The van der Waals surface area contributed by atoms with Gasteiger partial charge < -0.3 is 5.11 Å². The smallest absolute Gasteiger partial charge is 0.289 e. The highest BCUT2D eigenvalue weighted by molar-refractivity contribution is 5.58. The average molecular weight is 188 g/mol. The number of alkyl halides is 2. The predicted molar refractivity (Wildman–Crippen MR) is 43.2 cm³/mol. The summed E-state index contributed by atoms with van der Waals surface area (Å²) in [5.74, 6) is -1.78. The van der Waals surface area contributed by atoms with Crippen molar-refractivity contribution in [2.24, 2.45) is 0 Å². The molecule has 0 unspecified atom stereocenters. The van der Waals surface area contributed by atoms with Crippen LogP contribution in [0.3, 0.4) is 0 Å². The van der Waals surface area contributed by atoms with E-state index in [4.69, 9.17) is 5.11 Å². The van der Waals surface area contributed by atoms with Gasteiger partial charge in [0.1, 0.15) is 5.75 Å². The van der Waals surface area contributed by atoms with Crippen LogP contribution >= 0.6 is 0 Å². The molecule has 0 amide bonds. The molecule has 0 saturated carbocycles. The van der Waals surface area contributed by atoms with Crippen LogP contribution in [-0.2, 0) is 0 Å². The molecule has 0 heterocycles. The number of phenolic OH excluding ortho intramolecular Hbond substituents is 1. The van der Waals surface area contributed by atoms with Crippen LogP contribution in [0.1, 0.15) is 5.56 Å². The average Bonchev–Trinajstić information content (AvgIpc) is 2.08. The Morgan fingerprint density at radius 1 is 1.31 bits per heavy atom. The molecule has 1 nitrogen and oxygen atoms in total. The molecule has 0 radical (unpaired) electrons. The minimum Gasteiger partial charge on any atom is -0.507 e. The van der Waals surface area contributed by atoms with Crippen molar-refractivity contribution in [2.45, 2.75) is 6.43 Å². The van der Waals surface area contributed by atoms with E-state index in [1.54, 1.807) is 0 Å². The third kappa shape index (κ3) is 2.50. The molecule has 0 saturated heterocycles. The Kier molecular flexibility index (Phi) is 2.95. The molecule has 1 N–H and O–H groups in total. The second-order valence-electron chi connectivity index (χ2n) is 2.39. The van der Waals surface area contributed by atoms with E-state index in [1.807, 2.05) is 0 Å².